The van der Waals surface area contributed by atoms with Crippen LogP contribution in [0.15, 0.2) is 28.7 Å². The van der Waals surface area contributed by atoms with Crippen LogP contribution < -0.4 is 0 Å². The van der Waals surface area contributed by atoms with Gasteiger partial charge in [0.05, 0.1) is 5.60 Å². The summed E-state index contributed by atoms with van der Waals surface area (Å²) in [6, 6.07) is 7.32. The number of β-amino-alcohol motifs (C(OH)–C–C–N with tert-alkyl or cyclic N) is 1. The van der Waals surface area contributed by atoms with Gasteiger partial charge in [-0.15, -0.1) is 0 Å². The van der Waals surface area contributed by atoms with Crippen LogP contribution >= 0.6 is 15.9 Å². The lowest BCUT2D eigenvalue weighted by Crippen LogP contribution is -2.33. The summed E-state index contributed by atoms with van der Waals surface area (Å²) < 4.78 is 0.893. The zero-order valence-corrected chi connectivity index (χ0v) is 10.7. The Bertz CT molecular complexity index is 417. The van der Waals surface area contributed by atoms with Crippen molar-refractivity contribution in [3.05, 3.63) is 34.3 Å². The molecule has 4 heteroatoms. The molecule has 3 nitrogen and oxygen atoms in total. The number of hydrogen-bond donors (Lipinski definition) is 1. The van der Waals surface area contributed by atoms with Gasteiger partial charge in [0.1, 0.15) is 0 Å². The van der Waals surface area contributed by atoms with Gasteiger partial charge in [0, 0.05) is 23.1 Å². The molecule has 1 atom stereocenters. The van der Waals surface area contributed by atoms with Crippen molar-refractivity contribution < 1.29 is 9.90 Å². The average molecular weight is 284 g/mol. The molecule has 1 aliphatic rings. The van der Waals surface area contributed by atoms with Gasteiger partial charge in [0.2, 0.25) is 0 Å². The van der Waals surface area contributed by atoms with Crippen LogP contribution in [0.25, 0.3) is 0 Å². The third kappa shape index (κ3) is 2.44. The number of benzene rings is 1. The summed E-state index contributed by atoms with van der Waals surface area (Å²) in [6.45, 7) is 2.80. The molecule has 1 N–H and O–H groups in total. The SMILES string of the molecule is CC1(O)CCN(C(=O)c2cccc(Br)c2)C1. The van der Waals surface area contributed by atoms with E-state index in [1.807, 2.05) is 12.1 Å². The van der Waals surface area contributed by atoms with Gasteiger partial charge in [-0.3, -0.25) is 4.79 Å². The molecule has 0 bridgehead atoms. The first kappa shape index (κ1) is 11.6. The Balaban J connectivity index is 2.15. The van der Waals surface area contributed by atoms with Crippen LogP contribution in [0.1, 0.15) is 23.7 Å². The molecule has 0 aromatic heterocycles. The predicted molar refractivity (Wildman–Crippen MR) is 65.3 cm³/mol. The van der Waals surface area contributed by atoms with Crippen molar-refractivity contribution in [1.82, 2.24) is 4.90 Å². The van der Waals surface area contributed by atoms with E-state index in [4.69, 9.17) is 0 Å². The molecule has 1 aromatic rings. The number of nitrogens with zero attached hydrogens (tertiary/aromatic N) is 1. The molecule has 1 fully saturated rings. The van der Waals surface area contributed by atoms with Crippen LogP contribution in [0.5, 0.6) is 0 Å². The monoisotopic (exact) mass is 283 g/mol. The maximum atomic E-state index is 12.1. The molecular weight excluding hydrogens is 270 g/mol. The van der Waals surface area contributed by atoms with E-state index < -0.39 is 5.60 Å². The lowest BCUT2D eigenvalue weighted by molar-refractivity contribution is 0.0572. The average Bonchev–Trinajstić information content (AvgIpc) is 2.58. The van der Waals surface area contributed by atoms with Crippen LogP contribution in [0, 0.1) is 0 Å². The number of halogens is 1. The quantitative estimate of drug-likeness (QED) is 0.857. The van der Waals surface area contributed by atoms with Crippen molar-refractivity contribution in [2.24, 2.45) is 0 Å². The maximum Gasteiger partial charge on any atom is 0.253 e. The minimum Gasteiger partial charge on any atom is -0.388 e. The number of amides is 1. The van der Waals surface area contributed by atoms with Crippen LogP contribution in [0.4, 0.5) is 0 Å². The van der Waals surface area contributed by atoms with Gasteiger partial charge in [-0.1, -0.05) is 22.0 Å². The summed E-state index contributed by atoms with van der Waals surface area (Å²) in [4.78, 5) is 13.8. The third-order valence-corrected chi connectivity index (χ3v) is 3.30. The van der Waals surface area contributed by atoms with Gasteiger partial charge in [-0.25, -0.2) is 0 Å². The van der Waals surface area contributed by atoms with Gasteiger partial charge in [0.25, 0.3) is 5.91 Å². The molecule has 2 rings (SSSR count). The summed E-state index contributed by atoms with van der Waals surface area (Å²) in [5.41, 5.74) is -0.0751. The van der Waals surface area contributed by atoms with Crippen molar-refractivity contribution in [3.8, 4) is 0 Å². The molecule has 1 saturated heterocycles. The van der Waals surface area contributed by atoms with E-state index in [0.717, 1.165) is 4.47 Å². The lowest BCUT2D eigenvalue weighted by atomic mass is 10.1. The Labute approximate surface area is 103 Å². The van der Waals surface area contributed by atoms with Crippen molar-refractivity contribution >= 4 is 21.8 Å². The molecular formula is C12H14BrNO2. The van der Waals surface area contributed by atoms with Gasteiger partial charge in [0.15, 0.2) is 0 Å². The Morgan fingerprint density at radius 1 is 1.56 bits per heavy atom. The van der Waals surface area contributed by atoms with Crippen LogP contribution in [-0.4, -0.2) is 34.6 Å². The highest BCUT2D eigenvalue weighted by Gasteiger charge is 2.34. The molecule has 0 saturated carbocycles. The number of carbonyl (C=O) groups is 1. The highest BCUT2D eigenvalue weighted by Crippen LogP contribution is 2.22. The van der Waals surface area contributed by atoms with Crippen molar-refractivity contribution in [2.45, 2.75) is 18.9 Å². The highest BCUT2D eigenvalue weighted by atomic mass is 79.9. The largest absolute Gasteiger partial charge is 0.388 e. The van der Waals surface area contributed by atoms with Crippen LogP contribution in [0.3, 0.4) is 0 Å². The Morgan fingerprint density at radius 2 is 2.31 bits per heavy atom. The highest BCUT2D eigenvalue weighted by molar-refractivity contribution is 9.10. The fourth-order valence-electron chi connectivity index (χ4n) is 1.92. The molecule has 1 aliphatic heterocycles. The normalized spacial score (nSPS) is 24.8. The molecule has 1 unspecified atom stereocenters. The van der Waals surface area contributed by atoms with E-state index in [-0.39, 0.29) is 5.91 Å². The van der Waals surface area contributed by atoms with Gasteiger partial charge >= 0.3 is 0 Å². The predicted octanol–water partition coefficient (Wildman–Crippen LogP) is 2.05. The van der Waals surface area contributed by atoms with Crippen molar-refractivity contribution in [1.29, 1.82) is 0 Å². The molecule has 86 valence electrons. The van der Waals surface area contributed by atoms with Crippen LogP contribution in [-0.2, 0) is 0 Å². The van der Waals surface area contributed by atoms with E-state index in [1.54, 1.807) is 24.0 Å². The first-order valence-electron chi connectivity index (χ1n) is 5.25. The summed E-state index contributed by atoms with van der Waals surface area (Å²) in [5, 5.41) is 9.81. The molecule has 0 radical (unpaired) electrons. The topological polar surface area (TPSA) is 40.5 Å². The molecule has 0 spiro atoms. The molecule has 0 aliphatic carbocycles. The van der Waals surface area contributed by atoms with Crippen LogP contribution in [0.2, 0.25) is 0 Å². The van der Waals surface area contributed by atoms with Crippen molar-refractivity contribution in [3.63, 3.8) is 0 Å². The van der Waals surface area contributed by atoms with E-state index in [9.17, 15) is 9.90 Å². The zero-order chi connectivity index (χ0) is 11.8. The smallest absolute Gasteiger partial charge is 0.253 e. The van der Waals surface area contributed by atoms with E-state index in [1.165, 1.54) is 0 Å². The summed E-state index contributed by atoms with van der Waals surface area (Å²) in [7, 11) is 0. The molecule has 1 heterocycles. The first-order valence-corrected chi connectivity index (χ1v) is 6.04. The van der Waals surface area contributed by atoms with Gasteiger partial charge in [-0.05, 0) is 31.5 Å². The standard InChI is InChI=1S/C12H14BrNO2/c1-12(16)5-6-14(8-12)11(15)9-3-2-4-10(13)7-9/h2-4,7,16H,5-6,8H2,1H3. The zero-order valence-electron chi connectivity index (χ0n) is 9.11. The Morgan fingerprint density at radius 3 is 2.88 bits per heavy atom. The number of hydrogen-bond acceptors (Lipinski definition) is 2. The number of likely N-dealkylation sites (tertiary alicyclic amines) is 1. The second-order valence-electron chi connectivity index (χ2n) is 4.48. The Kier molecular flexibility index (Phi) is 3.04. The summed E-state index contributed by atoms with van der Waals surface area (Å²) in [6.07, 6.45) is 0.646. The van der Waals surface area contributed by atoms with Gasteiger partial charge < -0.3 is 10.0 Å². The number of carbonyl (C=O) groups excluding carboxylic acids is 1. The fourth-order valence-corrected chi connectivity index (χ4v) is 2.32. The summed E-state index contributed by atoms with van der Waals surface area (Å²) in [5.74, 6) is -0.0147. The second-order valence-corrected chi connectivity index (χ2v) is 5.40. The van der Waals surface area contributed by atoms with E-state index in [2.05, 4.69) is 15.9 Å². The fraction of sp³-hybridized carbons (Fsp3) is 0.417. The Hall–Kier alpha value is -0.870. The molecule has 1 amide bonds. The summed E-state index contributed by atoms with van der Waals surface area (Å²) >= 11 is 3.34. The molecule has 16 heavy (non-hydrogen) atoms. The minimum atomic E-state index is -0.734. The first-order chi connectivity index (χ1) is 7.48. The number of aliphatic hydroxyl groups is 1. The van der Waals surface area contributed by atoms with E-state index >= 15 is 0 Å². The lowest BCUT2D eigenvalue weighted by Gasteiger charge is -2.19. The molecule has 1 aromatic carbocycles. The number of rotatable bonds is 1. The third-order valence-electron chi connectivity index (χ3n) is 2.81. The van der Waals surface area contributed by atoms with E-state index in [0.29, 0.717) is 25.1 Å². The minimum absolute atomic E-state index is 0.0147. The second kappa shape index (κ2) is 4.18. The van der Waals surface area contributed by atoms with Gasteiger partial charge in [-0.2, -0.15) is 0 Å². The maximum absolute atomic E-state index is 12.1. The van der Waals surface area contributed by atoms with Crippen molar-refractivity contribution in [2.75, 3.05) is 13.1 Å².